The first-order valence-corrected chi connectivity index (χ1v) is 8.36. The van der Waals surface area contributed by atoms with Gasteiger partial charge in [0.05, 0.1) is 32.7 Å². The molecule has 0 fully saturated rings. The number of carboxylic acids is 5. The molecular formula is C17H23MoN3O13. The third-order valence-electron chi connectivity index (χ3n) is 3.26. The SMILES string of the molecule is O=C(O)CN(CCN(CC(=O)O)CC(=O)O)CCN(CC(=O)O)CC(=O)O.[C-]#[O+].[C-]#[O+].[C-]#[O+].[Mo]. The number of nitrogens with zero attached hydrogens (tertiary/aromatic N) is 3. The number of hydrogen-bond donors (Lipinski definition) is 5. The number of aliphatic carboxylic acids is 5. The normalized spacial score (nSPS) is 8.97. The predicted octanol–water partition coefficient (Wildman–Crippen LogP) is -2.80. The van der Waals surface area contributed by atoms with Gasteiger partial charge in [0.1, 0.15) is 0 Å². The fourth-order valence-electron chi connectivity index (χ4n) is 2.22. The summed E-state index contributed by atoms with van der Waals surface area (Å²) in [5.41, 5.74) is 0. The number of carboxylic acid groups (broad SMARTS) is 5. The summed E-state index contributed by atoms with van der Waals surface area (Å²) in [6.07, 6.45) is 0. The van der Waals surface area contributed by atoms with E-state index in [9.17, 15) is 24.0 Å². The summed E-state index contributed by atoms with van der Waals surface area (Å²) in [6.45, 7) is 10.8. The first-order chi connectivity index (χ1) is 15.5. The maximum absolute atomic E-state index is 11.0. The molecule has 0 heterocycles. The molecular weight excluding hydrogens is 550 g/mol. The topological polar surface area (TPSA) is 256 Å². The van der Waals surface area contributed by atoms with E-state index >= 15 is 0 Å². The van der Waals surface area contributed by atoms with E-state index in [2.05, 4.69) is 20.0 Å². The molecule has 0 aromatic rings. The van der Waals surface area contributed by atoms with Gasteiger partial charge in [-0.2, -0.15) is 0 Å². The second-order valence-electron chi connectivity index (χ2n) is 5.67. The van der Waals surface area contributed by atoms with E-state index in [1.165, 1.54) is 4.90 Å². The van der Waals surface area contributed by atoms with Gasteiger partial charge in [0.15, 0.2) is 0 Å². The Balaban J connectivity index is -0.000000368. The van der Waals surface area contributed by atoms with E-state index < -0.39 is 62.6 Å². The maximum atomic E-state index is 11.0. The first-order valence-electron chi connectivity index (χ1n) is 8.36. The van der Waals surface area contributed by atoms with Crippen molar-refractivity contribution in [2.75, 3.05) is 58.9 Å². The Morgan fingerprint density at radius 1 is 0.441 bits per heavy atom. The molecule has 0 radical (unpaired) electrons. The van der Waals surface area contributed by atoms with Crippen LogP contribution in [0.3, 0.4) is 0 Å². The maximum Gasteiger partial charge on any atom is 0 e. The number of rotatable bonds is 16. The molecule has 5 N–H and O–H groups in total. The van der Waals surface area contributed by atoms with Crippen LogP contribution in [0.15, 0.2) is 0 Å². The minimum Gasteiger partial charge on any atom is 0 e. The van der Waals surface area contributed by atoms with Crippen molar-refractivity contribution >= 4 is 29.8 Å². The van der Waals surface area contributed by atoms with Gasteiger partial charge in [0.2, 0.25) is 0 Å². The molecule has 0 aromatic heterocycles. The summed E-state index contributed by atoms with van der Waals surface area (Å²) < 4.78 is 22.5. The summed E-state index contributed by atoms with van der Waals surface area (Å²) in [5, 5.41) is 44.1. The Labute approximate surface area is 208 Å². The van der Waals surface area contributed by atoms with Gasteiger partial charge in [-0.25, -0.2) is 0 Å². The summed E-state index contributed by atoms with van der Waals surface area (Å²) in [5.74, 6) is -6.16. The minimum atomic E-state index is -1.24. The Bertz CT molecular complexity index is 595. The average molecular weight is 573 g/mol. The zero-order chi connectivity index (χ0) is 27.0. The molecule has 34 heavy (non-hydrogen) atoms. The van der Waals surface area contributed by atoms with Gasteiger partial charge in [0.25, 0.3) is 0 Å². The Morgan fingerprint density at radius 2 is 0.588 bits per heavy atom. The Morgan fingerprint density at radius 3 is 0.765 bits per heavy atom. The zero-order valence-corrected chi connectivity index (χ0v) is 19.6. The van der Waals surface area contributed by atoms with Crippen LogP contribution in [0.2, 0.25) is 0 Å². The molecule has 0 spiro atoms. The third-order valence-corrected chi connectivity index (χ3v) is 3.26. The van der Waals surface area contributed by atoms with Crippen molar-refractivity contribution < 1.29 is 84.5 Å². The van der Waals surface area contributed by atoms with Crippen LogP contribution in [0.4, 0.5) is 0 Å². The second kappa shape index (κ2) is 28.2. The van der Waals surface area contributed by atoms with Crippen molar-refractivity contribution in [3.8, 4) is 0 Å². The van der Waals surface area contributed by atoms with E-state index in [1.807, 2.05) is 0 Å². The van der Waals surface area contributed by atoms with Crippen molar-refractivity contribution in [2.45, 2.75) is 0 Å². The Hall–Kier alpha value is -2.86. The number of carbonyl (C=O) groups is 5. The monoisotopic (exact) mass is 575 g/mol. The zero-order valence-electron chi connectivity index (χ0n) is 17.6. The summed E-state index contributed by atoms with van der Waals surface area (Å²) in [7, 11) is 0. The van der Waals surface area contributed by atoms with Gasteiger partial charge in [-0.3, -0.25) is 38.7 Å². The number of hydrogen-bond acceptors (Lipinski definition) is 8. The minimum absolute atomic E-state index is 0. The molecule has 0 amide bonds. The average Bonchev–Trinajstić information content (AvgIpc) is 2.72. The fraction of sp³-hybridized carbons (Fsp3) is 0.529. The Kier molecular flexibility index (Phi) is 34.3. The predicted molar refractivity (Wildman–Crippen MR) is 99.3 cm³/mol. The van der Waals surface area contributed by atoms with Gasteiger partial charge in [-0.05, 0) is 0 Å². The molecule has 0 saturated carbocycles. The van der Waals surface area contributed by atoms with Crippen LogP contribution in [0.25, 0.3) is 0 Å². The van der Waals surface area contributed by atoms with Crippen molar-refractivity contribution in [1.29, 1.82) is 0 Å². The standard InChI is InChI=1S/C14H23N3O10.3CO.Mo/c18-10(19)5-15(1-3-16(6-11(20)21)7-12(22)23)2-4-17(8-13(24)25)9-14(26)27;3*1-2;/h1-9H2,(H,18,19)(H,20,21)(H,22,23)(H,24,25)(H,26,27);;;;. The van der Waals surface area contributed by atoms with Crippen LogP contribution in [0, 0.1) is 20.0 Å². The van der Waals surface area contributed by atoms with E-state index in [1.54, 1.807) is 0 Å². The molecule has 0 aliphatic heterocycles. The smallest absolute Gasteiger partial charge is 0 e. The van der Waals surface area contributed by atoms with Crippen molar-refractivity contribution in [1.82, 2.24) is 14.7 Å². The fourth-order valence-corrected chi connectivity index (χ4v) is 2.22. The van der Waals surface area contributed by atoms with Crippen LogP contribution in [0.1, 0.15) is 0 Å². The molecule has 0 aliphatic rings. The van der Waals surface area contributed by atoms with E-state index in [0.29, 0.717) is 0 Å². The molecule has 17 heteroatoms. The van der Waals surface area contributed by atoms with Gasteiger partial charge < -0.3 is 25.5 Å². The molecule has 0 aromatic carbocycles. The molecule has 0 unspecified atom stereocenters. The van der Waals surface area contributed by atoms with Crippen molar-refractivity contribution in [3.05, 3.63) is 20.0 Å². The summed E-state index contributed by atoms with van der Waals surface area (Å²) >= 11 is 0. The summed E-state index contributed by atoms with van der Waals surface area (Å²) in [4.78, 5) is 57.6. The van der Waals surface area contributed by atoms with Crippen LogP contribution in [-0.4, -0.2) is 129 Å². The van der Waals surface area contributed by atoms with Crippen molar-refractivity contribution in [3.63, 3.8) is 0 Å². The second-order valence-corrected chi connectivity index (χ2v) is 5.67. The van der Waals surface area contributed by atoms with Gasteiger partial charge in [0, 0.05) is 47.2 Å². The van der Waals surface area contributed by atoms with Gasteiger partial charge in [-0.15, -0.1) is 0 Å². The van der Waals surface area contributed by atoms with Crippen LogP contribution in [-0.2, 0) is 59.0 Å². The van der Waals surface area contributed by atoms with Crippen LogP contribution >= 0.6 is 0 Å². The molecule has 16 nitrogen and oxygen atoms in total. The third kappa shape index (κ3) is 31.3. The van der Waals surface area contributed by atoms with Crippen LogP contribution in [0.5, 0.6) is 0 Å². The van der Waals surface area contributed by atoms with Crippen LogP contribution < -0.4 is 0 Å². The first kappa shape index (κ1) is 41.4. The molecule has 0 atom stereocenters. The molecule has 0 rings (SSSR count). The van der Waals surface area contributed by atoms with E-state index in [0.717, 1.165) is 9.80 Å². The molecule has 190 valence electrons. The molecule has 0 aliphatic carbocycles. The largest absolute Gasteiger partial charge is 0 e. The summed E-state index contributed by atoms with van der Waals surface area (Å²) in [6, 6.07) is 0. The molecule has 0 saturated heterocycles. The van der Waals surface area contributed by atoms with Gasteiger partial charge >= 0.3 is 63.8 Å². The van der Waals surface area contributed by atoms with Gasteiger partial charge in [-0.1, -0.05) is 0 Å². The van der Waals surface area contributed by atoms with E-state index in [-0.39, 0.29) is 47.2 Å². The molecule has 0 bridgehead atoms. The van der Waals surface area contributed by atoms with E-state index in [4.69, 9.17) is 39.5 Å². The quantitative estimate of drug-likeness (QED) is 0.0711. The van der Waals surface area contributed by atoms with Crippen molar-refractivity contribution in [2.24, 2.45) is 0 Å².